The molecule has 0 N–H and O–H groups in total. The summed E-state index contributed by atoms with van der Waals surface area (Å²) in [7, 11) is 1.37. The highest BCUT2D eigenvalue weighted by Crippen LogP contribution is 2.34. The predicted molar refractivity (Wildman–Crippen MR) is 42.4 cm³/mol. The molecule has 4 heteroatoms. The Kier molecular flexibility index (Phi) is 1.60. The predicted octanol–water partition coefficient (Wildman–Crippen LogP) is 0.427. The van der Waals surface area contributed by atoms with Crippen LogP contribution in [-0.2, 0) is 9.53 Å². The molecule has 1 fully saturated rings. The lowest BCUT2D eigenvalue weighted by molar-refractivity contribution is -0.135. The Labute approximate surface area is 70.3 Å². The van der Waals surface area contributed by atoms with Gasteiger partial charge in [0.05, 0.1) is 19.0 Å². The fourth-order valence-electron chi connectivity index (χ4n) is 1.19. The molecule has 2 aliphatic rings. The van der Waals surface area contributed by atoms with Crippen molar-refractivity contribution < 1.29 is 9.53 Å². The van der Waals surface area contributed by atoms with E-state index in [2.05, 4.69) is 15.3 Å². The molecule has 0 atom stereocenters. The monoisotopic (exact) mass is 165 g/mol. The number of hydrogen-bond acceptors (Lipinski definition) is 3. The zero-order valence-electron chi connectivity index (χ0n) is 6.78. The molecule has 2 rings (SSSR count). The van der Waals surface area contributed by atoms with E-state index in [4.69, 9.17) is 0 Å². The zero-order valence-corrected chi connectivity index (χ0v) is 6.78. The van der Waals surface area contributed by atoms with Gasteiger partial charge in [-0.25, -0.2) is 4.79 Å². The van der Waals surface area contributed by atoms with Crippen molar-refractivity contribution in [3.05, 3.63) is 11.8 Å². The molecule has 1 aliphatic carbocycles. The molecular weight excluding hydrogens is 156 g/mol. The summed E-state index contributed by atoms with van der Waals surface area (Å²) in [5.74, 6) is 0.114. The summed E-state index contributed by atoms with van der Waals surface area (Å²) in [5.41, 5.74) is 5.04. The minimum Gasteiger partial charge on any atom is -0.465 e. The summed E-state index contributed by atoms with van der Waals surface area (Å²) in [5, 5.41) is 3.90. The fourth-order valence-corrected chi connectivity index (χ4v) is 1.19. The highest BCUT2D eigenvalue weighted by atomic mass is 16.5. The molecule has 1 radical (unpaired) electrons. The normalized spacial score (nSPS) is 21.1. The van der Waals surface area contributed by atoms with Gasteiger partial charge in [-0.3, -0.25) is 0 Å². The molecule has 1 saturated carbocycles. The maximum Gasteiger partial charge on any atom is 0.341 e. The van der Waals surface area contributed by atoms with Crippen molar-refractivity contribution in [2.75, 3.05) is 7.11 Å². The fraction of sp³-hybridized carbons (Fsp3) is 0.500. The van der Waals surface area contributed by atoms with E-state index in [1.807, 2.05) is 0 Å². The highest BCUT2D eigenvalue weighted by Gasteiger charge is 2.35. The van der Waals surface area contributed by atoms with E-state index >= 15 is 0 Å². The first-order valence-electron chi connectivity index (χ1n) is 3.89. The maximum absolute atomic E-state index is 11.1. The Bertz CT molecular complexity index is 277. The first kappa shape index (κ1) is 7.34. The van der Waals surface area contributed by atoms with Gasteiger partial charge < -0.3 is 4.74 Å². The molecule has 4 nitrogen and oxygen atoms in total. The van der Waals surface area contributed by atoms with Crippen molar-refractivity contribution in [3.63, 3.8) is 0 Å². The lowest BCUT2D eigenvalue weighted by Gasteiger charge is -2.00. The second kappa shape index (κ2) is 2.62. The van der Waals surface area contributed by atoms with E-state index < -0.39 is 0 Å². The van der Waals surface area contributed by atoms with Crippen molar-refractivity contribution in [2.45, 2.75) is 12.8 Å². The minimum atomic E-state index is -0.332. The molecule has 0 aromatic rings. The van der Waals surface area contributed by atoms with Gasteiger partial charge in [-0.1, -0.05) is 0 Å². The van der Waals surface area contributed by atoms with Crippen LogP contribution in [0, 0.1) is 5.92 Å². The number of rotatable bonds is 2. The summed E-state index contributed by atoms with van der Waals surface area (Å²) >= 11 is 0. The third-order valence-corrected chi connectivity index (χ3v) is 2.00. The van der Waals surface area contributed by atoms with Gasteiger partial charge >= 0.3 is 5.97 Å². The number of ether oxygens (including phenoxy) is 1. The number of hydrogen-bond donors (Lipinski definition) is 0. The van der Waals surface area contributed by atoms with Crippen LogP contribution in [0.25, 0.3) is 0 Å². The van der Waals surface area contributed by atoms with Crippen LogP contribution in [0.3, 0.4) is 0 Å². The van der Waals surface area contributed by atoms with Gasteiger partial charge in [0.2, 0.25) is 0 Å². The topological polar surface area (TPSA) is 52.8 Å². The van der Waals surface area contributed by atoms with Crippen molar-refractivity contribution in [1.82, 2.24) is 5.43 Å². The van der Waals surface area contributed by atoms with Gasteiger partial charge in [0.25, 0.3) is 0 Å². The summed E-state index contributed by atoms with van der Waals surface area (Å²) in [6.45, 7) is 0. The van der Waals surface area contributed by atoms with Crippen molar-refractivity contribution in [2.24, 2.45) is 11.0 Å². The van der Waals surface area contributed by atoms with Gasteiger partial charge in [0.15, 0.2) is 0 Å². The molecule has 0 aromatic carbocycles. The van der Waals surface area contributed by atoms with Crippen molar-refractivity contribution >= 4 is 11.7 Å². The van der Waals surface area contributed by atoms with E-state index in [1.54, 1.807) is 0 Å². The second-order valence-corrected chi connectivity index (χ2v) is 2.91. The first-order valence-corrected chi connectivity index (χ1v) is 3.89. The third-order valence-electron chi connectivity index (χ3n) is 2.00. The molecule has 0 unspecified atom stereocenters. The second-order valence-electron chi connectivity index (χ2n) is 2.91. The van der Waals surface area contributed by atoms with Crippen LogP contribution in [0.1, 0.15) is 12.8 Å². The zero-order chi connectivity index (χ0) is 8.55. The average molecular weight is 165 g/mol. The number of carbonyl (C=O) groups excluding carboxylic acids is 1. The maximum atomic E-state index is 11.1. The molecule has 0 saturated heterocycles. The lowest BCUT2D eigenvalue weighted by atomic mass is 10.1. The van der Waals surface area contributed by atoms with Crippen LogP contribution < -0.4 is 5.43 Å². The summed E-state index contributed by atoms with van der Waals surface area (Å²) in [6, 6.07) is 0. The molecule has 1 aliphatic heterocycles. The van der Waals surface area contributed by atoms with Gasteiger partial charge in [0.1, 0.15) is 5.57 Å². The van der Waals surface area contributed by atoms with Crippen LogP contribution in [0.15, 0.2) is 16.9 Å². The number of esters is 1. The third kappa shape index (κ3) is 1.09. The van der Waals surface area contributed by atoms with E-state index in [9.17, 15) is 4.79 Å². The number of methoxy groups -OCH3 is 1. The Hall–Kier alpha value is -1.32. The Balaban J connectivity index is 2.15. The van der Waals surface area contributed by atoms with Crippen LogP contribution in [0.5, 0.6) is 0 Å². The SMILES string of the molecule is COC(=O)C1=C[N]N=C1C1CC1. The van der Waals surface area contributed by atoms with Crippen LogP contribution in [-0.4, -0.2) is 18.8 Å². The lowest BCUT2D eigenvalue weighted by Crippen LogP contribution is -2.13. The molecule has 12 heavy (non-hydrogen) atoms. The largest absolute Gasteiger partial charge is 0.465 e. The Morgan fingerprint density at radius 2 is 2.42 bits per heavy atom. The highest BCUT2D eigenvalue weighted by molar-refractivity contribution is 6.21. The quantitative estimate of drug-likeness (QED) is 0.557. The average Bonchev–Trinajstić information content (AvgIpc) is 2.83. The van der Waals surface area contributed by atoms with E-state index in [1.165, 1.54) is 13.3 Å². The van der Waals surface area contributed by atoms with Crippen molar-refractivity contribution in [1.29, 1.82) is 0 Å². The molecule has 63 valence electrons. The minimum absolute atomic E-state index is 0.332. The van der Waals surface area contributed by atoms with Gasteiger partial charge in [-0.2, -0.15) is 10.5 Å². The Morgan fingerprint density at radius 3 is 3.00 bits per heavy atom. The van der Waals surface area contributed by atoms with E-state index in [0.29, 0.717) is 11.5 Å². The molecule has 1 heterocycles. The molecule has 0 aromatic heterocycles. The molecule has 0 amide bonds. The van der Waals surface area contributed by atoms with Crippen LogP contribution in [0.2, 0.25) is 0 Å². The van der Waals surface area contributed by atoms with Crippen LogP contribution >= 0.6 is 0 Å². The van der Waals surface area contributed by atoms with Gasteiger partial charge in [-0.15, -0.1) is 0 Å². The smallest absolute Gasteiger partial charge is 0.341 e. The number of carbonyl (C=O) groups is 1. The first-order chi connectivity index (χ1) is 5.83. The van der Waals surface area contributed by atoms with Crippen LogP contribution in [0.4, 0.5) is 0 Å². The summed E-state index contributed by atoms with van der Waals surface area (Å²) < 4.78 is 4.59. The van der Waals surface area contributed by atoms with E-state index in [-0.39, 0.29) is 5.97 Å². The molecule has 0 bridgehead atoms. The Morgan fingerprint density at radius 1 is 1.67 bits per heavy atom. The summed E-state index contributed by atoms with van der Waals surface area (Å²) in [6.07, 6.45) is 3.70. The number of nitrogens with zero attached hydrogens (tertiary/aromatic N) is 2. The molecular formula is C8H9N2O2. The van der Waals surface area contributed by atoms with E-state index in [0.717, 1.165) is 18.6 Å². The van der Waals surface area contributed by atoms with Gasteiger partial charge in [-0.05, 0) is 12.8 Å². The van der Waals surface area contributed by atoms with Crippen molar-refractivity contribution in [3.8, 4) is 0 Å². The standard InChI is InChI=1S/C8H9N2O2/c1-12-8(11)6-4-9-10-7(6)5-2-3-5/h4-5H,2-3H2,1H3. The van der Waals surface area contributed by atoms with Gasteiger partial charge in [0, 0.05) is 5.92 Å². The molecule has 0 spiro atoms. The summed E-state index contributed by atoms with van der Waals surface area (Å²) in [4.78, 5) is 11.1.